The molecule has 0 aliphatic heterocycles. The van der Waals surface area contributed by atoms with Crippen molar-refractivity contribution in [3.05, 3.63) is 32.1 Å². The van der Waals surface area contributed by atoms with Crippen LogP contribution in [-0.2, 0) is 6.54 Å². The Balaban J connectivity index is 2.93. The summed E-state index contributed by atoms with van der Waals surface area (Å²) < 4.78 is 1.26. The Morgan fingerprint density at radius 3 is 2.86 bits per heavy atom. The maximum Gasteiger partial charge on any atom is 0.328 e. The Morgan fingerprint density at radius 1 is 1.64 bits per heavy atom. The maximum atomic E-state index is 11.2. The molecule has 0 radical (unpaired) electrons. The molecule has 0 saturated heterocycles. The number of hydrogen-bond acceptors (Lipinski definition) is 3. The van der Waals surface area contributed by atoms with Crippen molar-refractivity contribution in [3.63, 3.8) is 0 Å². The summed E-state index contributed by atoms with van der Waals surface area (Å²) >= 11 is 5.54. The zero-order valence-corrected chi connectivity index (χ0v) is 8.41. The molecular weight excluding hydrogens is 208 g/mol. The highest BCUT2D eigenvalue weighted by Gasteiger charge is 2.03. The molecule has 14 heavy (non-hydrogen) atoms. The number of aromatic nitrogens is 2. The van der Waals surface area contributed by atoms with Crippen molar-refractivity contribution in [2.24, 2.45) is 0 Å². The molecule has 1 unspecified atom stereocenters. The molecule has 0 saturated carbocycles. The molecule has 0 aliphatic rings. The van der Waals surface area contributed by atoms with Crippen LogP contribution >= 0.6 is 11.6 Å². The fourth-order valence-electron chi connectivity index (χ4n) is 0.975. The number of nitrogens with one attached hydrogen (secondary N) is 1. The minimum absolute atomic E-state index is 0.0322. The molecule has 1 heterocycles. The largest absolute Gasteiger partial charge is 0.393 e. The number of H-pyrrole nitrogens is 1. The third-order valence-electron chi connectivity index (χ3n) is 1.76. The summed E-state index contributed by atoms with van der Waals surface area (Å²) in [6, 6.07) is 0. The minimum atomic E-state index is -0.593. The predicted octanol–water partition coefficient (Wildman–Crippen LogP) is -0.0391. The second-order valence-corrected chi connectivity index (χ2v) is 3.47. The molecule has 5 nitrogen and oxygen atoms in total. The molecule has 1 aromatic heterocycles. The number of hydrogen-bond donors (Lipinski definition) is 2. The highest BCUT2D eigenvalue weighted by molar-refractivity contribution is 6.30. The van der Waals surface area contributed by atoms with E-state index < -0.39 is 17.4 Å². The molecule has 0 amide bonds. The summed E-state index contributed by atoms with van der Waals surface area (Å²) in [7, 11) is 0. The quantitative estimate of drug-likeness (QED) is 0.748. The zero-order chi connectivity index (χ0) is 10.7. The van der Waals surface area contributed by atoms with Crippen LogP contribution in [0.15, 0.2) is 15.8 Å². The normalized spacial score (nSPS) is 12.8. The van der Waals surface area contributed by atoms with Crippen LogP contribution in [0.2, 0.25) is 5.02 Å². The standard InChI is InChI=1S/C8H11ClN2O3/c1-5(12)2-3-11-4-6(9)7(13)10-8(11)14/h4-5,12H,2-3H2,1H3,(H,10,13,14). The fraction of sp³-hybridized carbons (Fsp3) is 0.500. The van der Waals surface area contributed by atoms with Gasteiger partial charge in [0, 0.05) is 12.7 Å². The third-order valence-corrected chi connectivity index (χ3v) is 2.02. The van der Waals surface area contributed by atoms with E-state index in [-0.39, 0.29) is 5.02 Å². The molecule has 78 valence electrons. The van der Waals surface area contributed by atoms with Gasteiger partial charge in [0.1, 0.15) is 5.02 Å². The van der Waals surface area contributed by atoms with Crippen LogP contribution in [0, 0.1) is 0 Å². The van der Waals surface area contributed by atoms with Crippen LogP contribution in [0.5, 0.6) is 0 Å². The van der Waals surface area contributed by atoms with Crippen LogP contribution < -0.4 is 11.2 Å². The van der Waals surface area contributed by atoms with Gasteiger partial charge < -0.3 is 5.11 Å². The second-order valence-electron chi connectivity index (χ2n) is 3.07. The third kappa shape index (κ3) is 2.71. The summed E-state index contributed by atoms with van der Waals surface area (Å²) in [5.41, 5.74) is -1.11. The monoisotopic (exact) mass is 218 g/mol. The van der Waals surface area contributed by atoms with Gasteiger partial charge in [0.15, 0.2) is 0 Å². The number of nitrogens with zero attached hydrogens (tertiary/aromatic N) is 1. The van der Waals surface area contributed by atoms with Gasteiger partial charge in [-0.25, -0.2) is 4.79 Å². The number of halogens is 1. The van der Waals surface area contributed by atoms with Crippen LogP contribution in [0.4, 0.5) is 0 Å². The van der Waals surface area contributed by atoms with Crippen molar-refractivity contribution in [1.82, 2.24) is 9.55 Å². The van der Waals surface area contributed by atoms with Crippen molar-refractivity contribution in [2.75, 3.05) is 0 Å². The number of aliphatic hydroxyl groups is 1. The molecule has 2 N–H and O–H groups in total. The van der Waals surface area contributed by atoms with Crippen LogP contribution in [-0.4, -0.2) is 20.8 Å². The first-order valence-electron chi connectivity index (χ1n) is 4.18. The lowest BCUT2D eigenvalue weighted by molar-refractivity contribution is 0.177. The number of aromatic amines is 1. The zero-order valence-electron chi connectivity index (χ0n) is 7.66. The molecule has 1 atom stereocenters. The SMILES string of the molecule is CC(O)CCn1cc(Cl)c(=O)[nH]c1=O. The van der Waals surface area contributed by atoms with Gasteiger partial charge in [-0.2, -0.15) is 0 Å². The number of rotatable bonds is 3. The van der Waals surface area contributed by atoms with Gasteiger partial charge in [0.25, 0.3) is 5.56 Å². The molecule has 0 bridgehead atoms. The Kier molecular flexibility index (Phi) is 3.49. The van der Waals surface area contributed by atoms with Gasteiger partial charge in [-0.15, -0.1) is 0 Å². The van der Waals surface area contributed by atoms with E-state index in [1.54, 1.807) is 6.92 Å². The van der Waals surface area contributed by atoms with Gasteiger partial charge >= 0.3 is 5.69 Å². The van der Waals surface area contributed by atoms with E-state index in [9.17, 15) is 9.59 Å². The first-order chi connectivity index (χ1) is 6.50. The van der Waals surface area contributed by atoms with Crippen molar-refractivity contribution < 1.29 is 5.11 Å². The van der Waals surface area contributed by atoms with E-state index in [1.807, 2.05) is 0 Å². The van der Waals surface area contributed by atoms with Crippen molar-refractivity contribution in [2.45, 2.75) is 26.0 Å². The molecule has 6 heteroatoms. The fourth-order valence-corrected chi connectivity index (χ4v) is 1.14. The average Bonchev–Trinajstić information content (AvgIpc) is 2.09. The van der Waals surface area contributed by atoms with Gasteiger partial charge in [0.05, 0.1) is 6.10 Å². The molecule has 0 spiro atoms. The van der Waals surface area contributed by atoms with Gasteiger partial charge in [0.2, 0.25) is 0 Å². The van der Waals surface area contributed by atoms with E-state index in [1.165, 1.54) is 10.8 Å². The minimum Gasteiger partial charge on any atom is -0.393 e. The summed E-state index contributed by atoms with van der Waals surface area (Å²) in [4.78, 5) is 24.1. The van der Waals surface area contributed by atoms with Crippen molar-refractivity contribution in [3.8, 4) is 0 Å². The van der Waals surface area contributed by atoms with E-state index >= 15 is 0 Å². The summed E-state index contributed by atoms with van der Waals surface area (Å²) in [5.74, 6) is 0. The van der Waals surface area contributed by atoms with E-state index in [2.05, 4.69) is 4.98 Å². The van der Waals surface area contributed by atoms with E-state index in [4.69, 9.17) is 16.7 Å². The van der Waals surface area contributed by atoms with Crippen molar-refractivity contribution in [1.29, 1.82) is 0 Å². The second kappa shape index (κ2) is 4.43. The van der Waals surface area contributed by atoms with Gasteiger partial charge in [-0.1, -0.05) is 11.6 Å². The highest BCUT2D eigenvalue weighted by atomic mass is 35.5. The molecule has 1 aromatic rings. The Labute approximate surface area is 85.0 Å². The molecular formula is C8H11ClN2O3. The first-order valence-corrected chi connectivity index (χ1v) is 4.56. The van der Waals surface area contributed by atoms with E-state index in [0.717, 1.165) is 0 Å². The summed E-state index contributed by atoms with van der Waals surface area (Å²) in [5, 5.41) is 8.98. The Bertz CT molecular complexity index is 421. The van der Waals surface area contributed by atoms with Gasteiger partial charge in [-0.3, -0.25) is 14.3 Å². The first kappa shape index (κ1) is 11.0. The maximum absolute atomic E-state index is 11.2. The molecule has 0 fully saturated rings. The lowest BCUT2D eigenvalue weighted by Gasteiger charge is -2.06. The molecule has 0 aromatic carbocycles. The molecule has 0 aliphatic carbocycles. The topological polar surface area (TPSA) is 75.1 Å². The lowest BCUT2D eigenvalue weighted by Crippen LogP contribution is -2.30. The molecule has 1 rings (SSSR count). The van der Waals surface area contributed by atoms with Crippen LogP contribution in [0.25, 0.3) is 0 Å². The Hall–Kier alpha value is -1.07. The Morgan fingerprint density at radius 2 is 2.29 bits per heavy atom. The predicted molar refractivity (Wildman–Crippen MR) is 52.6 cm³/mol. The number of aryl methyl sites for hydroxylation is 1. The lowest BCUT2D eigenvalue weighted by atomic mass is 10.3. The van der Waals surface area contributed by atoms with Crippen LogP contribution in [0.3, 0.4) is 0 Å². The number of aliphatic hydroxyl groups excluding tert-OH is 1. The van der Waals surface area contributed by atoms with Crippen molar-refractivity contribution >= 4 is 11.6 Å². The van der Waals surface area contributed by atoms with Crippen LogP contribution in [0.1, 0.15) is 13.3 Å². The van der Waals surface area contributed by atoms with E-state index in [0.29, 0.717) is 13.0 Å². The summed E-state index contributed by atoms with van der Waals surface area (Å²) in [6.45, 7) is 1.95. The van der Waals surface area contributed by atoms with Gasteiger partial charge in [-0.05, 0) is 13.3 Å². The smallest absolute Gasteiger partial charge is 0.328 e. The average molecular weight is 219 g/mol. The highest BCUT2D eigenvalue weighted by Crippen LogP contribution is 1.98. The summed E-state index contributed by atoms with van der Waals surface area (Å²) in [6.07, 6.45) is 1.21.